The van der Waals surface area contributed by atoms with E-state index < -0.39 is 18.6 Å². The molecule has 0 heterocycles. The molecular weight excluding hydrogens is 172 g/mol. The molecule has 0 spiro atoms. The van der Waals surface area contributed by atoms with E-state index in [1.165, 1.54) is 0 Å². The van der Waals surface area contributed by atoms with Crippen molar-refractivity contribution in [1.82, 2.24) is 0 Å². The molecule has 0 amide bonds. The molecule has 0 aromatic heterocycles. The summed E-state index contributed by atoms with van der Waals surface area (Å²) in [5.41, 5.74) is 0. The van der Waals surface area contributed by atoms with Crippen molar-refractivity contribution in [2.24, 2.45) is 0 Å². The molecule has 60 valence electrons. The van der Waals surface area contributed by atoms with Crippen LogP contribution in [0.5, 0.6) is 0 Å². The zero-order valence-corrected chi connectivity index (χ0v) is 7.56. The molecule has 1 N–H and O–H groups in total. The zero-order chi connectivity index (χ0) is 7.82. The minimum absolute atomic E-state index is 0.410. The molecule has 0 fully saturated rings. The fourth-order valence-electron chi connectivity index (χ4n) is 0.503. The molecule has 0 radical (unpaired) electrons. The van der Waals surface area contributed by atoms with Gasteiger partial charge in [0.25, 0.3) is 0 Å². The molecule has 0 aromatic carbocycles. The van der Waals surface area contributed by atoms with Crippen LogP contribution in [0, 0.1) is 0 Å². The van der Waals surface area contributed by atoms with Crippen molar-refractivity contribution in [3.05, 3.63) is 0 Å². The molecule has 0 aliphatic rings. The van der Waals surface area contributed by atoms with Gasteiger partial charge in [0.1, 0.15) is 0 Å². The standard InChI is InChI=1S/C5H12O2.H2O.O.Ti/c1-2-3-4-5-7-6;;;/h6H,2-5H2,1H3;1H2;;/q;;;+2/p-2. The van der Waals surface area contributed by atoms with Gasteiger partial charge in [-0.3, -0.25) is 0 Å². The van der Waals surface area contributed by atoms with E-state index in [2.05, 4.69) is 15.3 Å². The summed E-state index contributed by atoms with van der Waals surface area (Å²) >= 11 is -3.42. The Labute approximate surface area is 67.2 Å². The third-order valence-corrected chi connectivity index (χ3v) is 1.37. The van der Waals surface area contributed by atoms with Crippen LogP contribution in [-0.4, -0.2) is 10.3 Å². The first-order valence-electron chi connectivity index (χ1n) is 3.29. The van der Waals surface area contributed by atoms with Crippen LogP contribution in [-0.2, 0) is 30.3 Å². The van der Waals surface area contributed by atoms with Gasteiger partial charge in [-0.2, -0.15) is 0 Å². The second kappa shape index (κ2) is 7.50. The topological polar surface area (TPSA) is 55.8 Å². The molecule has 0 atom stereocenters. The van der Waals surface area contributed by atoms with E-state index >= 15 is 0 Å². The van der Waals surface area contributed by atoms with E-state index in [4.69, 9.17) is 3.69 Å². The molecule has 5 heteroatoms. The number of hydrogen-bond donors (Lipinski definition) is 1. The molecule has 4 nitrogen and oxygen atoms in total. The predicted molar refractivity (Wildman–Crippen MR) is 29.5 cm³/mol. The Morgan fingerprint density at radius 1 is 1.50 bits per heavy atom. The fourth-order valence-corrected chi connectivity index (χ4v) is 0.791. The monoisotopic (exact) mass is 184 g/mol. The van der Waals surface area contributed by atoms with Crippen molar-refractivity contribution in [2.45, 2.75) is 26.2 Å². The zero-order valence-electron chi connectivity index (χ0n) is 6.00. The molecule has 0 saturated heterocycles. The van der Waals surface area contributed by atoms with E-state index in [9.17, 15) is 3.32 Å². The van der Waals surface area contributed by atoms with E-state index in [0.29, 0.717) is 6.61 Å². The van der Waals surface area contributed by atoms with Crippen LogP contribution in [0.25, 0.3) is 0 Å². The van der Waals surface area contributed by atoms with Gasteiger partial charge >= 0.3 is 66.8 Å². The normalized spacial score (nSPS) is 9.80. The van der Waals surface area contributed by atoms with Crippen LogP contribution in [0.4, 0.5) is 0 Å². The van der Waals surface area contributed by atoms with Gasteiger partial charge in [0.05, 0.1) is 0 Å². The summed E-state index contributed by atoms with van der Waals surface area (Å²) in [7, 11) is 0. The maximum atomic E-state index is 9.93. The van der Waals surface area contributed by atoms with Crippen LogP contribution in [0.1, 0.15) is 26.2 Å². The van der Waals surface area contributed by atoms with Gasteiger partial charge in [0, 0.05) is 0 Å². The summed E-state index contributed by atoms with van der Waals surface area (Å²) in [6.07, 6.45) is 3.04. The Morgan fingerprint density at radius 2 is 2.20 bits per heavy atom. The average Bonchev–Trinajstić information content (AvgIpc) is 1.87. The Morgan fingerprint density at radius 3 is 2.70 bits per heavy atom. The molecule has 0 aliphatic heterocycles. The van der Waals surface area contributed by atoms with E-state index in [1.807, 2.05) is 0 Å². The molecule has 0 saturated carbocycles. The maximum absolute atomic E-state index is 9.93. The summed E-state index contributed by atoms with van der Waals surface area (Å²) < 4.78 is 22.2. The molecule has 0 unspecified atom stereocenters. The first kappa shape index (κ1) is 10.4. The van der Waals surface area contributed by atoms with Crippen molar-refractivity contribution >= 4 is 0 Å². The van der Waals surface area contributed by atoms with Gasteiger partial charge in [-0.15, -0.1) is 0 Å². The predicted octanol–water partition coefficient (Wildman–Crippen LogP) is 0.911. The van der Waals surface area contributed by atoms with Gasteiger partial charge < -0.3 is 0 Å². The van der Waals surface area contributed by atoms with Crippen molar-refractivity contribution in [3.8, 4) is 0 Å². The first-order valence-corrected chi connectivity index (χ1v) is 5.27. The quantitative estimate of drug-likeness (QED) is 0.288. The number of unbranched alkanes of at least 4 members (excludes halogenated alkanes) is 2. The molecule has 10 heavy (non-hydrogen) atoms. The third-order valence-electron chi connectivity index (χ3n) is 0.961. The van der Waals surface area contributed by atoms with Gasteiger partial charge in [0.2, 0.25) is 0 Å². The Hall–Kier alpha value is 0.394. The number of hydrogen-bond acceptors (Lipinski definition) is 3. The SMILES string of the molecule is CCCCCO[O][Ti](=[O])[OH]. The van der Waals surface area contributed by atoms with E-state index in [0.717, 1.165) is 19.3 Å². The average molecular weight is 184 g/mol. The number of rotatable bonds is 6. The van der Waals surface area contributed by atoms with Gasteiger partial charge in [0.15, 0.2) is 0 Å². The van der Waals surface area contributed by atoms with Crippen molar-refractivity contribution in [2.75, 3.05) is 6.61 Å². The van der Waals surface area contributed by atoms with Crippen LogP contribution in [0.15, 0.2) is 0 Å². The minimum atomic E-state index is -3.42. The third kappa shape index (κ3) is 8.39. The second-order valence-electron chi connectivity index (χ2n) is 1.88. The molecule has 0 aliphatic carbocycles. The molecule has 0 aromatic rings. The molecular formula is C5H12O4Ti. The van der Waals surface area contributed by atoms with E-state index in [-0.39, 0.29) is 0 Å². The summed E-state index contributed by atoms with van der Waals surface area (Å²) in [6.45, 7) is 2.48. The second-order valence-corrected chi connectivity index (χ2v) is 2.97. The van der Waals surface area contributed by atoms with Crippen molar-refractivity contribution in [3.63, 3.8) is 0 Å². The van der Waals surface area contributed by atoms with Crippen LogP contribution in [0.3, 0.4) is 0 Å². The first-order chi connectivity index (χ1) is 4.77. The van der Waals surface area contributed by atoms with Crippen molar-refractivity contribution < 1.29 is 34.0 Å². The van der Waals surface area contributed by atoms with Crippen LogP contribution >= 0.6 is 0 Å². The van der Waals surface area contributed by atoms with Crippen LogP contribution < -0.4 is 0 Å². The summed E-state index contributed by atoms with van der Waals surface area (Å²) in [5.74, 6) is 0. The Kier molecular flexibility index (Phi) is 7.80. The molecule has 0 rings (SSSR count). The van der Waals surface area contributed by atoms with Crippen LogP contribution in [0.2, 0.25) is 0 Å². The Bertz CT molecular complexity index is 95.6. The van der Waals surface area contributed by atoms with Gasteiger partial charge in [-0.25, -0.2) is 0 Å². The fraction of sp³-hybridized carbons (Fsp3) is 1.00. The Balaban J connectivity index is 2.84. The summed E-state index contributed by atoms with van der Waals surface area (Å²) in [5, 5.41) is 0. The molecule has 0 bridgehead atoms. The van der Waals surface area contributed by atoms with Crippen molar-refractivity contribution in [1.29, 1.82) is 0 Å². The summed E-state index contributed by atoms with van der Waals surface area (Å²) in [6, 6.07) is 0. The van der Waals surface area contributed by atoms with Gasteiger partial charge in [-0.1, -0.05) is 0 Å². The van der Waals surface area contributed by atoms with E-state index in [1.54, 1.807) is 0 Å². The summed E-state index contributed by atoms with van der Waals surface area (Å²) in [4.78, 5) is 4.41. The van der Waals surface area contributed by atoms with Gasteiger partial charge in [-0.05, 0) is 0 Å².